The molecule has 0 unspecified atom stereocenters. The largest absolute Gasteiger partial charge is 0.348 e. The van der Waals surface area contributed by atoms with Gasteiger partial charge in [-0.3, -0.25) is 0 Å². The standard InChI is InChI=1S/C30H27N2/c1-20-11-15-26-22(17-20)14-16-29-28(26)19-25(31(29)2)9-6-8-24-18-23-13-12-21-7-4-5-10-27(21)30(23)32(24)3/h4-17H,18-19H2,1-3H3/q+1. The molecule has 0 N–H and O–H groups in total. The van der Waals surface area contributed by atoms with Crippen LogP contribution >= 0.6 is 0 Å². The van der Waals surface area contributed by atoms with E-state index in [4.69, 9.17) is 0 Å². The van der Waals surface area contributed by atoms with Crippen molar-refractivity contribution in [3.8, 4) is 0 Å². The highest BCUT2D eigenvalue weighted by Gasteiger charge is 2.27. The van der Waals surface area contributed by atoms with Crippen molar-refractivity contribution in [2.75, 3.05) is 19.0 Å². The van der Waals surface area contributed by atoms with Crippen LogP contribution in [0.25, 0.3) is 21.5 Å². The van der Waals surface area contributed by atoms with E-state index in [0.717, 1.165) is 12.8 Å². The molecule has 156 valence electrons. The van der Waals surface area contributed by atoms with Gasteiger partial charge in [0.1, 0.15) is 7.05 Å². The van der Waals surface area contributed by atoms with Gasteiger partial charge in [-0.05, 0) is 46.9 Å². The van der Waals surface area contributed by atoms with Gasteiger partial charge in [0.05, 0.1) is 11.8 Å². The van der Waals surface area contributed by atoms with Crippen LogP contribution in [-0.4, -0.2) is 24.4 Å². The summed E-state index contributed by atoms with van der Waals surface area (Å²) in [7, 11) is 4.37. The average molecular weight is 416 g/mol. The maximum atomic E-state index is 2.36. The Hall–Kier alpha value is -3.65. The van der Waals surface area contributed by atoms with Crippen molar-refractivity contribution in [3.63, 3.8) is 0 Å². The van der Waals surface area contributed by atoms with Crippen LogP contribution in [0.3, 0.4) is 0 Å². The zero-order valence-corrected chi connectivity index (χ0v) is 18.9. The number of nitrogens with zero attached hydrogens (tertiary/aromatic N) is 2. The molecule has 6 rings (SSSR count). The topological polar surface area (TPSA) is 6.25 Å². The van der Waals surface area contributed by atoms with Crippen molar-refractivity contribution in [1.82, 2.24) is 0 Å². The van der Waals surface area contributed by atoms with E-state index in [2.05, 4.69) is 115 Å². The molecule has 2 aliphatic heterocycles. The Morgan fingerprint density at radius 2 is 1.72 bits per heavy atom. The van der Waals surface area contributed by atoms with E-state index in [0.29, 0.717) is 0 Å². The number of likely N-dealkylation sites (N-methyl/N-ethyl adjacent to an activating group) is 1. The normalized spacial score (nSPS) is 16.7. The second-order valence-corrected chi connectivity index (χ2v) is 9.06. The third kappa shape index (κ3) is 2.90. The number of allylic oxidation sites excluding steroid dienone is 4. The minimum atomic E-state index is 0.979. The van der Waals surface area contributed by atoms with Crippen LogP contribution in [0.2, 0.25) is 0 Å². The first-order chi connectivity index (χ1) is 15.6. The Morgan fingerprint density at radius 1 is 0.875 bits per heavy atom. The molecule has 2 nitrogen and oxygen atoms in total. The van der Waals surface area contributed by atoms with Crippen molar-refractivity contribution in [2.24, 2.45) is 0 Å². The Kier molecular flexibility index (Phi) is 4.29. The van der Waals surface area contributed by atoms with Crippen molar-refractivity contribution in [1.29, 1.82) is 0 Å². The summed E-state index contributed by atoms with van der Waals surface area (Å²) in [6.07, 6.45) is 8.75. The SMILES string of the molecule is Cc1ccc2c3c(ccc2c1)N(C)C(=CC=CC1=[N+](C)c2c(ccc4ccccc24)C1)C3. The van der Waals surface area contributed by atoms with Crippen LogP contribution in [0.1, 0.15) is 16.7 Å². The zero-order valence-electron chi connectivity index (χ0n) is 18.9. The van der Waals surface area contributed by atoms with E-state index in [1.807, 2.05) is 0 Å². The fourth-order valence-corrected chi connectivity index (χ4v) is 5.36. The monoisotopic (exact) mass is 415 g/mol. The zero-order chi connectivity index (χ0) is 21.8. The summed E-state index contributed by atoms with van der Waals surface area (Å²) in [6.45, 7) is 2.16. The second kappa shape index (κ2) is 7.20. The van der Waals surface area contributed by atoms with Gasteiger partial charge in [-0.25, -0.2) is 0 Å². The molecule has 0 atom stereocenters. The molecule has 4 aromatic carbocycles. The van der Waals surface area contributed by atoms with E-state index in [9.17, 15) is 0 Å². The smallest absolute Gasteiger partial charge is 0.216 e. The third-order valence-electron chi connectivity index (χ3n) is 7.11. The van der Waals surface area contributed by atoms with Gasteiger partial charge in [-0.15, -0.1) is 0 Å². The lowest BCUT2D eigenvalue weighted by atomic mass is 10.00. The molecule has 4 aromatic rings. The van der Waals surface area contributed by atoms with Crippen LogP contribution in [-0.2, 0) is 12.8 Å². The maximum Gasteiger partial charge on any atom is 0.216 e. The summed E-state index contributed by atoms with van der Waals surface area (Å²) >= 11 is 0. The summed E-state index contributed by atoms with van der Waals surface area (Å²) < 4.78 is 2.36. The summed E-state index contributed by atoms with van der Waals surface area (Å²) in [5.41, 5.74) is 9.52. The molecule has 0 fully saturated rings. The van der Waals surface area contributed by atoms with Gasteiger partial charge >= 0.3 is 0 Å². The molecule has 0 aliphatic carbocycles. The summed E-state index contributed by atoms with van der Waals surface area (Å²) in [5, 5.41) is 5.35. The van der Waals surface area contributed by atoms with E-state index in [-0.39, 0.29) is 0 Å². The van der Waals surface area contributed by atoms with E-state index in [1.54, 1.807) is 0 Å². The molecule has 0 amide bonds. The van der Waals surface area contributed by atoms with Crippen molar-refractivity contribution >= 4 is 38.6 Å². The third-order valence-corrected chi connectivity index (χ3v) is 7.11. The Bertz CT molecular complexity index is 1500. The van der Waals surface area contributed by atoms with Gasteiger partial charge in [-0.1, -0.05) is 66.2 Å². The lowest BCUT2D eigenvalue weighted by Crippen LogP contribution is -2.10. The molecular formula is C30H27N2+. The van der Waals surface area contributed by atoms with Gasteiger partial charge in [0.25, 0.3) is 0 Å². The highest BCUT2D eigenvalue weighted by Crippen LogP contribution is 2.38. The Morgan fingerprint density at radius 3 is 2.62 bits per heavy atom. The predicted octanol–water partition coefficient (Wildman–Crippen LogP) is 6.70. The lowest BCUT2D eigenvalue weighted by molar-refractivity contribution is -0.399. The van der Waals surface area contributed by atoms with Gasteiger partial charge in [0.2, 0.25) is 5.69 Å². The number of aryl methyl sites for hydroxylation is 1. The van der Waals surface area contributed by atoms with Gasteiger partial charge in [0.15, 0.2) is 5.71 Å². The van der Waals surface area contributed by atoms with E-state index in [1.165, 1.54) is 61.0 Å². The van der Waals surface area contributed by atoms with Gasteiger partial charge in [-0.2, -0.15) is 4.58 Å². The van der Waals surface area contributed by atoms with Crippen LogP contribution in [0.4, 0.5) is 11.4 Å². The second-order valence-electron chi connectivity index (χ2n) is 9.06. The number of benzene rings is 4. The van der Waals surface area contributed by atoms with Crippen molar-refractivity contribution in [2.45, 2.75) is 19.8 Å². The molecule has 0 spiro atoms. The first-order valence-electron chi connectivity index (χ1n) is 11.3. The molecule has 2 heteroatoms. The number of hydrogen-bond donors (Lipinski definition) is 0. The first-order valence-corrected chi connectivity index (χ1v) is 11.3. The minimum absolute atomic E-state index is 0.979. The molecular weight excluding hydrogens is 388 g/mol. The van der Waals surface area contributed by atoms with Crippen molar-refractivity contribution < 1.29 is 4.58 Å². The summed E-state index contributed by atoms with van der Waals surface area (Å²) in [5.74, 6) is 0. The molecule has 0 saturated heterocycles. The lowest BCUT2D eigenvalue weighted by Gasteiger charge is -2.14. The highest BCUT2D eigenvalue weighted by molar-refractivity contribution is 6.02. The molecule has 2 heterocycles. The Balaban J connectivity index is 1.31. The highest BCUT2D eigenvalue weighted by atomic mass is 15.1. The molecule has 0 radical (unpaired) electrons. The maximum absolute atomic E-state index is 2.36. The molecule has 32 heavy (non-hydrogen) atoms. The predicted molar refractivity (Wildman–Crippen MR) is 137 cm³/mol. The molecule has 0 saturated carbocycles. The van der Waals surface area contributed by atoms with E-state index < -0.39 is 0 Å². The number of anilines is 1. The van der Waals surface area contributed by atoms with Gasteiger partial charge < -0.3 is 4.90 Å². The van der Waals surface area contributed by atoms with Crippen LogP contribution < -0.4 is 4.90 Å². The van der Waals surface area contributed by atoms with E-state index >= 15 is 0 Å². The minimum Gasteiger partial charge on any atom is -0.348 e. The quantitative estimate of drug-likeness (QED) is 0.330. The fraction of sp³-hybridized carbons (Fsp3) is 0.167. The van der Waals surface area contributed by atoms with Crippen molar-refractivity contribution in [3.05, 3.63) is 107 Å². The molecule has 2 aliphatic rings. The van der Waals surface area contributed by atoms with Crippen LogP contribution in [0.5, 0.6) is 0 Å². The number of hydrogen-bond acceptors (Lipinski definition) is 1. The molecule has 0 aromatic heterocycles. The van der Waals surface area contributed by atoms with Crippen LogP contribution in [0, 0.1) is 6.92 Å². The fourth-order valence-electron chi connectivity index (χ4n) is 5.36. The summed E-state index contributed by atoms with van der Waals surface area (Å²) in [4.78, 5) is 2.34. The van der Waals surface area contributed by atoms with Crippen LogP contribution in [0.15, 0.2) is 90.7 Å². The first kappa shape index (κ1) is 19.1. The average Bonchev–Trinajstić information content (AvgIpc) is 3.30. The number of rotatable bonds is 2. The Labute approximate surface area is 189 Å². The van der Waals surface area contributed by atoms with Gasteiger partial charge in [0, 0.05) is 36.5 Å². The molecule has 0 bridgehead atoms. The number of fused-ring (bicyclic) bond motifs is 6. The summed E-state index contributed by atoms with van der Waals surface area (Å²) in [6, 6.07) is 24.5.